The summed E-state index contributed by atoms with van der Waals surface area (Å²) in [6.07, 6.45) is -2.37. The van der Waals surface area contributed by atoms with Crippen molar-refractivity contribution >= 4 is 17.3 Å². The van der Waals surface area contributed by atoms with E-state index in [1.54, 1.807) is 0 Å². The summed E-state index contributed by atoms with van der Waals surface area (Å²) < 4.78 is 4.69. The summed E-state index contributed by atoms with van der Waals surface area (Å²) in [5.41, 5.74) is -0.0402. The molecule has 0 saturated carbocycles. The first-order chi connectivity index (χ1) is 10.8. The van der Waals surface area contributed by atoms with Gasteiger partial charge in [0, 0.05) is 17.7 Å². The molecular weight excluding hydrogens is 338 g/mol. The van der Waals surface area contributed by atoms with Crippen LogP contribution in [0.2, 0.25) is 0 Å². The molecule has 1 unspecified atom stereocenters. The number of rotatable bonds is 6. The summed E-state index contributed by atoms with van der Waals surface area (Å²) in [6, 6.07) is 5.20. The molecule has 0 saturated heterocycles. The number of nitrogens with zero attached hydrogens (tertiary/aromatic N) is 5. The quantitative estimate of drug-likeness (QED) is 0.328. The second kappa shape index (κ2) is 6.31. The molecule has 0 fully saturated rings. The summed E-state index contributed by atoms with van der Waals surface area (Å²) >= 11 is 5.66. The Labute approximate surface area is 131 Å². The van der Waals surface area contributed by atoms with E-state index >= 15 is 0 Å². The van der Waals surface area contributed by atoms with E-state index in [9.17, 15) is 30.3 Å². The first kappa shape index (κ1) is 16.2. The minimum Gasteiger partial charge on any atom is -0.337 e. The molecule has 23 heavy (non-hydrogen) atoms. The van der Waals surface area contributed by atoms with E-state index in [-0.39, 0.29) is 17.1 Å². The molecule has 1 atom stereocenters. The smallest absolute Gasteiger partial charge is 0.337 e. The molecule has 120 valence electrons. The van der Waals surface area contributed by atoms with E-state index in [4.69, 9.17) is 16.1 Å². The fraction of sp³-hybridized carbons (Fsp3) is 0.200. The lowest BCUT2D eigenvalue weighted by Crippen LogP contribution is -2.33. The number of nitro benzene ring substituents is 1. The van der Waals surface area contributed by atoms with Crippen molar-refractivity contribution < 1.29 is 19.3 Å². The van der Waals surface area contributed by atoms with E-state index in [0.29, 0.717) is 0 Å². The molecule has 13 heteroatoms. The van der Waals surface area contributed by atoms with Gasteiger partial charge in [0.1, 0.15) is 0 Å². The molecule has 12 nitrogen and oxygen atoms in total. The standard InChI is InChI=1S/C10H6ClN5O7/c11-7(10(15(19)20)16(21)22)9-12-8(13-23-9)5-2-1-3-6(4-5)14(17)18/h1-4,7,10H. The average molecular weight is 344 g/mol. The number of nitro groups is 3. The van der Waals surface area contributed by atoms with Crippen molar-refractivity contribution in [3.63, 3.8) is 0 Å². The summed E-state index contributed by atoms with van der Waals surface area (Å²) in [4.78, 5) is 32.8. The predicted octanol–water partition coefficient (Wildman–Crippen LogP) is 1.80. The zero-order valence-corrected chi connectivity index (χ0v) is 11.7. The highest BCUT2D eigenvalue weighted by Crippen LogP contribution is 2.28. The molecule has 1 aromatic heterocycles. The lowest BCUT2D eigenvalue weighted by atomic mass is 10.2. The monoisotopic (exact) mass is 343 g/mol. The highest BCUT2D eigenvalue weighted by molar-refractivity contribution is 6.20. The van der Waals surface area contributed by atoms with Crippen LogP contribution in [0.1, 0.15) is 11.3 Å². The maximum absolute atomic E-state index is 10.7. The van der Waals surface area contributed by atoms with Crippen molar-refractivity contribution in [1.29, 1.82) is 0 Å². The zero-order chi connectivity index (χ0) is 17.1. The van der Waals surface area contributed by atoms with E-state index in [0.717, 1.165) is 6.07 Å². The molecular formula is C10H6ClN5O7. The topological polar surface area (TPSA) is 168 Å². The maximum Gasteiger partial charge on any atom is 0.475 e. The van der Waals surface area contributed by atoms with Gasteiger partial charge in [0.2, 0.25) is 11.2 Å². The van der Waals surface area contributed by atoms with E-state index in [1.165, 1.54) is 18.2 Å². The minimum atomic E-state index is -2.37. The third-order valence-corrected chi connectivity index (χ3v) is 3.10. The van der Waals surface area contributed by atoms with Crippen molar-refractivity contribution in [2.45, 2.75) is 11.5 Å². The number of halogens is 1. The Morgan fingerprint density at radius 1 is 1.13 bits per heavy atom. The molecule has 0 spiro atoms. The van der Waals surface area contributed by atoms with Crippen molar-refractivity contribution in [1.82, 2.24) is 10.1 Å². The van der Waals surface area contributed by atoms with Gasteiger partial charge in [-0.25, -0.2) is 0 Å². The Morgan fingerprint density at radius 3 is 2.35 bits per heavy atom. The van der Waals surface area contributed by atoms with Crippen LogP contribution >= 0.6 is 11.6 Å². The van der Waals surface area contributed by atoms with Crippen LogP contribution in [0.4, 0.5) is 5.69 Å². The molecule has 0 N–H and O–H groups in total. The van der Waals surface area contributed by atoms with Gasteiger partial charge in [-0.3, -0.25) is 30.3 Å². The van der Waals surface area contributed by atoms with E-state index < -0.39 is 32.2 Å². The largest absolute Gasteiger partial charge is 0.475 e. The second-order valence-corrected chi connectivity index (χ2v) is 4.62. The van der Waals surface area contributed by atoms with Gasteiger partial charge in [-0.05, 0) is 0 Å². The van der Waals surface area contributed by atoms with Crippen LogP contribution in [-0.4, -0.2) is 31.1 Å². The van der Waals surface area contributed by atoms with Crippen LogP contribution in [-0.2, 0) is 0 Å². The first-order valence-electron chi connectivity index (χ1n) is 5.80. The molecule has 0 aliphatic carbocycles. The van der Waals surface area contributed by atoms with Gasteiger partial charge in [-0.15, -0.1) is 0 Å². The number of hydrogen-bond donors (Lipinski definition) is 0. The first-order valence-corrected chi connectivity index (χ1v) is 6.24. The number of hydrogen-bond acceptors (Lipinski definition) is 9. The fourth-order valence-electron chi connectivity index (χ4n) is 1.64. The Bertz CT molecular complexity index is 764. The summed E-state index contributed by atoms with van der Waals surface area (Å²) in [5, 5.41) is 33.7. The number of non-ortho nitro benzene ring substituents is 1. The van der Waals surface area contributed by atoms with Crippen LogP contribution in [0.5, 0.6) is 0 Å². The highest BCUT2D eigenvalue weighted by Gasteiger charge is 2.45. The highest BCUT2D eigenvalue weighted by atomic mass is 35.5. The SMILES string of the molecule is O=[N+]([O-])c1cccc(-c2noc(C(Cl)C([N+](=O)[O-])[N+](=O)[O-])n2)c1. The third kappa shape index (κ3) is 3.37. The summed E-state index contributed by atoms with van der Waals surface area (Å²) in [7, 11) is 0. The lowest BCUT2D eigenvalue weighted by Gasteiger charge is -2.03. The van der Waals surface area contributed by atoms with Crippen molar-refractivity contribution in [3.8, 4) is 11.4 Å². The normalized spacial score (nSPS) is 12.1. The van der Waals surface area contributed by atoms with Crippen molar-refractivity contribution in [3.05, 3.63) is 60.5 Å². The number of aromatic nitrogens is 2. The van der Waals surface area contributed by atoms with Gasteiger partial charge >= 0.3 is 6.17 Å². The van der Waals surface area contributed by atoms with E-state index in [1.807, 2.05) is 0 Å². The molecule has 0 aliphatic rings. The number of benzene rings is 1. The van der Waals surface area contributed by atoms with Crippen LogP contribution in [0, 0.1) is 30.3 Å². The van der Waals surface area contributed by atoms with Crippen LogP contribution in [0.25, 0.3) is 11.4 Å². The molecule has 1 aromatic carbocycles. The Morgan fingerprint density at radius 2 is 1.78 bits per heavy atom. The van der Waals surface area contributed by atoms with Gasteiger partial charge in [-0.2, -0.15) is 4.98 Å². The minimum absolute atomic E-state index is 0.139. The third-order valence-electron chi connectivity index (χ3n) is 2.69. The van der Waals surface area contributed by atoms with Crippen molar-refractivity contribution in [2.75, 3.05) is 0 Å². The maximum atomic E-state index is 10.7. The molecule has 2 aromatic rings. The molecule has 0 radical (unpaired) electrons. The summed E-state index contributed by atoms with van der Waals surface area (Å²) in [5.74, 6) is -0.675. The van der Waals surface area contributed by atoms with Crippen LogP contribution in [0.15, 0.2) is 28.8 Å². The predicted molar refractivity (Wildman–Crippen MR) is 72.8 cm³/mol. The van der Waals surface area contributed by atoms with Gasteiger partial charge in [-0.1, -0.05) is 28.9 Å². The molecule has 0 aliphatic heterocycles. The molecule has 0 bridgehead atoms. The Kier molecular flexibility index (Phi) is 4.45. The van der Waals surface area contributed by atoms with Crippen molar-refractivity contribution in [2.24, 2.45) is 0 Å². The van der Waals surface area contributed by atoms with Gasteiger partial charge in [0.05, 0.1) is 14.8 Å². The van der Waals surface area contributed by atoms with Gasteiger partial charge in [0.15, 0.2) is 0 Å². The zero-order valence-electron chi connectivity index (χ0n) is 10.9. The Hall–Kier alpha value is -3.15. The fourth-order valence-corrected chi connectivity index (χ4v) is 1.91. The van der Waals surface area contributed by atoms with Gasteiger partial charge < -0.3 is 4.52 Å². The van der Waals surface area contributed by atoms with Crippen LogP contribution < -0.4 is 0 Å². The second-order valence-electron chi connectivity index (χ2n) is 4.15. The van der Waals surface area contributed by atoms with E-state index in [2.05, 4.69) is 10.1 Å². The summed E-state index contributed by atoms with van der Waals surface area (Å²) in [6.45, 7) is 0. The van der Waals surface area contributed by atoms with Crippen LogP contribution in [0.3, 0.4) is 0 Å². The molecule has 0 amide bonds. The number of alkyl halides is 1. The lowest BCUT2D eigenvalue weighted by molar-refractivity contribution is -0.743. The Balaban J connectivity index is 2.33. The van der Waals surface area contributed by atoms with Gasteiger partial charge in [0.25, 0.3) is 11.6 Å². The molecule has 2 rings (SSSR count). The molecule has 1 heterocycles. The average Bonchev–Trinajstić information content (AvgIpc) is 2.96.